The summed E-state index contributed by atoms with van der Waals surface area (Å²) in [5.41, 5.74) is 1.13. The topological polar surface area (TPSA) is 76.4 Å². The third kappa shape index (κ3) is 5.77. The monoisotopic (exact) mass is 344 g/mol. The van der Waals surface area contributed by atoms with E-state index in [1.807, 2.05) is 42.8 Å². The fraction of sp³-hybridized carbons (Fsp3) is 0.500. The van der Waals surface area contributed by atoms with E-state index in [1.165, 1.54) is 0 Å². The van der Waals surface area contributed by atoms with Crippen LogP contribution in [0.4, 0.5) is 0 Å². The first-order chi connectivity index (χ1) is 12.0. The highest BCUT2D eigenvalue weighted by Crippen LogP contribution is 2.11. The normalized spacial score (nSPS) is 11.7. The molecule has 136 valence electrons. The average molecular weight is 344 g/mol. The van der Waals surface area contributed by atoms with Crippen LogP contribution in [0.5, 0.6) is 5.75 Å². The first-order valence-electron chi connectivity index (χ1n) is 8.49. The van der Waals surface area contributed by atoms with Crippen LogP contribution in [-0.4, -0.2) is 34.4 Å². The molecule has 0 aliphatic carbocycles. The molecule has 0 atom stereocenters. The van der Waals surface area contributed by atoms with Gasteiger partial charge in [0.1, 0.15) is 11.6 Å². The number of nitrogens with one attached hydrogen (secondary N) is 2. The van der Waals surface area contributed by atoms with Gasteiger partial charge in [-0.15, -0.1) is 10.2 Å². The zero-order chi connectivity index (χ0) is 18.2. The lowest BCUT2D eigenvalue weighted by Gasteiger charge is -2.14. The number of nitrogens with zero attached hydrogens (tertiary/aromatic N) is 4. The number of hydrogen-bond acceptors (Lipinski definition) is 4. The second-order valence-corrected chi connectivity index (χ2v) is 6.36. The molecule has 0 aliphatic heterocycles. The summed E-state index contributed by atoms with van der Waals surface area (Å²) in [5.74, 6) is 3.92. The van der Waals surface area contributed by atoms with Gasteiger partial charge in [0.05, 0.1) is 20.2 Å². The van der Waals surface area contributed by atoms with Crippen LogP contribution < -0.4 is 15.4 Å². The Morgan fingerprint density at radius 1 is 1.20 bits per heavy atom. The van der Waals surface area contributed by atoms with E-state index in [4.69, 9.17) is 4.74 Å². The number of hydrogen-bond donors (Lipinski definition) is 2. The van der Waals surface area contributed by atoms with E-state index < -0.39 is 0 Å². The molecule has 2 aromatic rings. The van der Waals surface area contributed by atoms with Crippen LogP contribution in [0.2, 0.25) is 0 Å². The molecule has 1 aromatic heterocycles. The second-order valence-electron chi connectivity index (χ2n) is 6.36. The average Bonchev–Trinajstić information content (AvgIpc) is 2.93. The molecule has 0 fully saturated rings. The van der Waals surface area contributed by atoms with Gasteiger partial charge in [0.25, 0.3) is 0 Å². The van der Waals surface area contributed by atoms with E-state index in [1.54, 1.807) is 7.11 Å². The summed E-state index contributed by atoms with van der Waals surface area (Å²) in [4.78, 5) is 4.67. The maximum absolute atomic E-state index is 5.18. The van der Waals surface area contributed by atoms with Gasteiger partial charge in [-0.1, -0.05) is 26.0 Å². The van der Waals surface area contributed by atoms with Crippen molar-refractivity contribution < 1.29 is 4.74 Å². The SMILES string of the molecule is COc1ccc(CN=C(NCc2nnc(C)n2C)NCC(C)C)cc1. The van der Waals surface area contributed by atoms with Gasteiger partial charge in [-0.2, -0.15) is 0 Å². The molecule has 0 saturated heterocycles. The van der Waals surface area contributed by atoms with Gasteiger partial charge in [-0.05, 0) is 30.5 Å². The minimum Gasteiger partial charge on any atom is -0.497 e. The minimum atomic E-state index is 0.532. The van der Waals surface area contributed by atoms with Crippen LogP contribution in [0.25, 0.3) is 0 Å². The van der Waals surface area contributed by atoms with Crippen molar-refractivity contribution in [3.05, 3.63) is 41.5 Å². The molecule has 2 rings (SSSR count). The number of benzene rings is 1. The Morgan fingerprint density at radius 3 is 2.48 bits per heavy atom. The molecule has 7 heteroatoms. The zero-order valence-electron chi connectivity index (χ0n) is 15.7. The van der Waals surface area contributed by atoms with E-state index in [2.05, 4.69) is 39.7 Å². The predicted molar refractivity (Wildman–Crippen MR) is 99.6 cm³/mol. The van der Waals surface area contributed by atoms with E-state index >= 15 is 0 Å². The number of rotatable bonds is 7. The van der Waals surface area contributed by atoms with Gasteiger partial charge in [0.2, 0.25) is 0 Å². The van der Waals surface area contributed by atoms with E-state index in [-0.39, 0.29) is 0 Å². The van der Waals surface area contributed by atoms with Crippen LogP contribution in [0.1, 0.15) is 31.1 Å². The van der Waals surface area contributed by atoms with Gasteiger partial charge < -0.3 is 19.9 Å². The van der Waals surface area contributed by atoms with Crippen molar-refractivity contribution >= 4 is 5.96 Å². The van der Waals surface area contributed by atoms with Crippen LogP contribution in [-0.2, 0) is 20.1 Å². The van der Waals surface area contributed by atoms with Crippen LogP contribution in [0.3, 0.4) is 0 Å². The molecule has 0 radical (unpaired) electrons. The highest BCUT2D eigenvalue weighted by atomic mass is 16.5. The molecule has 7 nitrogen and oxygen atoms in total. The summed E-state index contributed by atoms with van der Waals surface area (Å²) < 4.78 is 7.15. The Kier molecular flexibility index (Phi) is 6.80. The lowest BCUT2D eigenvalue weighted by atomic mass is 10.2. The lowest BCUT2D eigenvalue weighted by molar-refractivity contribution is 0.414. The highest BCUT2D eigenvalue weighted by Gasteiger charge is 2.07. The third-order valence-corrected chi connectivity index (χ3v) is 3.85. The predicted octanol–water partition coefficient (Wildman–Crippen LogP) is 2.02. The van der Waals surface area contributed by atoms with Crippen molar-refractivity contribution in [2.24, 2.45) is 18.0 Å². The Hall–Kier alpha value is -2.57. The quantitative estimate of drug-likeness (QED) is 0.594. The molecule has 0 bridgehead atoms. The fourth-order valence-electron chi connectivity index (χ4n) is 2.14. The highest BCUT2D eigenvalue weighted by molar-refractivity contribution is 5.79. The second kappa shape index (κ2) is 9.05. The summed E-state index contributed by atoms with van der Waals surface area (Å²) >= 11 is 0. The minimum absolute atomic E-state index is 0.532. The summed E-state index contributed by atoms with van der Waals surface area (Å²) in [5, 5.41) is 14.9. The summed E-state index contributed by atoms with van der Waals surface area (Å²) in [6.45, 7) is 8.29. The van der Waals surface area contributed by atoms with Crippen LogP contribution in [0.15, 0.2) is 29.3 Å². The number of guanidine groups is 1. The van der Waals surface area contributed by atoms with Gasteiger partial charge in [0.15, 0.2) is 11.8 Å². The maximum atomic E-state index is 5.18. The van der Waals surface area contributed by atoms with Crippen LogP contribution >= 0.6 is 0 Å². The maximum Gasteiger partial charge on any atom is 0.191 e. The van der Waals surface area contributed by atoms with Gasteiger partial charge in [-0.25, -0.2) is 4.99 Å². The van der Waals surface area contributed by atoms with Crippen molar-refractivity contribution in [1.29, 1.82) is 0 Å². The molecule has 2 N–H and O–H groups in total. The summed E-state index contributed by atoms with van der Waals surface area (Å²) in [6.07, 6.45) is 0. The molecule has 1 heterocycles. The van der Waals surface area contributed by atoms with Crippen LogP contribution in [0, 0.1) is 12.8 Å². The van der Waals surface area contributed by atoms with Crippen molar-refractivity contribution in [2.45, 2.75) is 33.9 Å². The van der Waals surface area contributed by atoms with Crippen molar-refractivity contribution in [3.8, 4) is 5.75 Å². The standard InChI is InChI=1S/C18H28N6O/c1-13(2)10-19-18(21-12-17-23-22-14(3)24(17)4)20-11-15-6-8-16(25-5)9-7-15/h6-9,13H,10-12H2,1-5H3,(H2,19,20,21). The molecular formula is C18H28N6O. The molecule has 0 unspecified atom stereocenters. The molecule has 25 heavy (non-hydrogen) atoms. The molecule has 0 amide bonds. The van der Waals surface area contributed by atoms with Crippen molar-refractivity contribution in [2.75, 3.05) is 13.7 Å². The number of methoxy groups -OCH3 is 1. The van der Waals surface area contributed by atoms with Gasteiger partial charge >= 0.3 is 0 Å². The Balaban J connectivity index is 2.01. The van der Waals surface area contributed by atoms with E-state index in [9.17, 15) is 0 Å². The van der Waals surface area contributed by atoms with E-state index in [0.29, 0.717) is 19.0 Å². The van der Waals surface area contributed by atoms with Gasteiger partial charge in [-0.3, -0.25) is 0 Å². The molecule has 0 spiro atoms. The fourth-order valence-corrected chi connectivity index (χ4v) is 2.14. The summed E-state index contributed by atoms with van der Waals surface area (Å²) in [7, 11) is 3.63. The Bertz CT molecular complexity index is 690. The van der Waals surface area contributed by atoms with E-state index in [0.717, 1.165) is 35.5 Å². The smallest absolute Gasteiger partial charge is 0.191 e. The largest absolute Gasteiger partial charge is 0.497 e. The Labute approximate surface area is 149 Å². The van der Waals surface area contributed by atoms with Gasteiger partial charge in [0, 0.05) is 13.6 Å². The zero-order valence-corrected chi connectivity index (χ0v) is 15.7. The molecule has 0 aliphatic rings. The van der Waals surface area contributed by atoms with Crippen molar-refractivity contribution in [3.63, 3.8) is 0 Å². The van der Waals surface area contributed by atoms with Crippen molar-refractivity contribution in [1.82, 2.24) is 25.4 Å². The lowest BCUT2D eigenvalue weighted by Crippen LogP contribution is -2.39. The molecule has 1 aromatic carbocycles. The number of aryl methyl sites for hydroxylation is 1. The summed E-state index contributed by atoms with van der Waals surface area (Å²) in [6, 6.07) is 7.94. The third-order valence-electron chi connectivity index (χ3n) is 3.85. The molecular weight excluding hydrogens is 316 g/mol. The molecule has 0 saturated carbocycles. The first-order valence-corrected chi connectivity index (χ1v) is 8.49. The number of aromatic nitrogens is 3. The Morgan fingerprint density at radius 2 is 1.92 bits per heavy atom. The number of ether oxygens (including phenoxy) is 1. The number of aliphatic imine (C=N–C) groups is 1. The first kappa shape index (κ1) is 18.8.